The smallest absolute Gasteiger partial charge is 1.00 e. The average molecular weight is 161 g/mol. The molecule has 0 nitrogen and oxygen atoms in total. The number of halogens is 1. The van der Waals surface area contributed by atoms with E-state index < -0.39 is 0 Å². The number of hydrogen-bond donors (Lipinski definition) is 0. The Kier molecular flexibility index (Phi) is 15.7. The van der Waals surface area contributed by atoms with Gasteiger partial charge in [-0.1, -0.05) is 28.1 Å². The van der Waals surface area contributed by atoms with Crippen LogP contribution in [0.4, 0.5) is 0 Å². The van der Waals surface area contributed by atoms with Crippen molar-refractivity contribution in [3.05, 3.63) is 12.2 Å². The molecule has 0 saturated heterocycles. The molecular weight excluding hydrogens is 152 g/mol. The minimum absolute atomic E-state index is 0. The summed E-state index contributed by atoms with van der Waals surface area (Å²) in [6.07, 6.45) is 4.05. The quantitative estimate of drug-likeness (QED) is 0.312. The van der Waals surface area contributed by atoms with E-state index in [2.05, 4.69) is 15.9 Å². The molecule has 0 rings (SSSR count). The second-order valence-corrected chi connectivity index (χ2v) is 1.37. The zero-order chi connectivity index (χ0) is 4.12. The summed E-state index contributed by atoms with van der Waals surface area (Å²) >= 11 is 3.22. The summed E-state index contributed by atoms with van der Waals surface area (Å²) in [4.78, 5) is 0. The molecule has 0 aliphatic heterocycles. The van der Waals surface area contributed by atoms with E-state index in [1.54, 1.807) is 0 Å². The summed E-state index contributed by atoms with van der Waals surface area (Å²) < 4.78 is 0. The van der Waals surface area contributed by atoms with Gasteiger partial charge < -0.3 is 2.85 Å². The fraction of sp³-hybridized carbons (Fsp3) is 0.500. The van der Waals surface area contributed by atoms with E-state index in [0.717, 1.165) is 5.33 Å². The van der Waals surface area contributed by atoms with Crippen LogP contribution in [0.15, 0.2) is 12.2 Å². The van der Waals surface area contributed by atoms with Gasteiger partial charge >= 0.3 is 23.1 Å². The third-order valence-corrected chi connectivity index (χ3v) is 0.699. The minimum Gasteiger partial charge on any atom is -1.00 e. The maximum atomic E-state index is 3.22. The first-order chi connectivity index (χ1) is 2.41. The second-order valence-electron chi connectivity index (χ2n) is 0.723. The molecule has 0 amide bonds. The van der Waals surface area contributed by atoms with E-state index in [4.69, 9.17) is 0 Å². The molecule has 0 aromatic heterocycles. The van der Waals surface area contributed by atoms with Gasteiger partial charge in [0.25, 0.3) is 0 Å². The van der Waals surface area contributed by atoms with Gasteiger partial charge in [-0.3, -0.25) is 0 Å². The summed E-state index contributed by atoms with van der Waals surface area (Å²) in [5.41, 5.74) is 0. The molecule has 0 aliphatic rings. The molecule has 0 aromatic rings. The Labute approximate surface area is 66.3 Å². The molecule has 0 aliphatic carbocycles. The standard InChI is InChI=1S/C4H7Br.Mg.2H/c1-2-3-4-5;;;/h2-3H,4H2,1H3;;;/q;+2;2*-1/b3-2+;;;. The summed E-state index contributed by atoms with van der Waals surface area (Å²) in [5.74, 6) is 0. The predicted molar refractivity (Wildman–Crippen MR) is 36.6 cm³/mol. The minimum atomic E-state index is 0. The Balaban J connectivity index is -0.0000000267. The van der Waals surface area contributed by atoms with Crippen LogP contribution < -0.4 is 0 Å². The topological polar surface area (TPSA) is 0 Å². The summed E-state index contributed by atoms with van der Waals surface area (Å²) in [6, 6.07) is 0. The Morgan fingerprint density at radius 2 is 2.33 bits per heavy atom. The van der Waals surface area contributed by atoms with Crippen molar-refractivity contribution in [3.63, 3.8) is 0 Å². The Bertz CT molecular complexity index is 41.0. The van der Waals surface area contributed by atoms with Crippen LogP contribution in [-0.2, 0) is 0 Å². The summed E-state index contributed by atoms with van der Waals surface area (Å²) in [5, 5.41) is 0.976. The average Bonchev–Trinajstić information content (AvgIpc) is 1.41. The Morgan fingerprint density at radius 1 is 1.83 bits per heavy atom. The molecule has 0 radical (unpaired) electrons. The molecule has 0 unspecified atom stereocenters. The van der Waals surface area contributed by atoms with Crippen molar-refractivity contribution in [3.8, 4) is 0 Å². The number of alkyl halides is 1. The monoisotopic (exact) mass is 160 g/mol. The maximum Gasteiger partial charge on any atom is 2.00 e. The van der Waals surface area contributed by atoms with Crippen LogP contribution in [0.3, 0.4) is 0 Å². The first-order valence-corrected chi connectivity index (χ1v) is 2.71. The predicted octanol–water partition coefficient (Wildman–Crippen LogP) is 1.80. The van der Waals surface area contributed by atoms with Gasteiger partial charge in [0, 0.05) is 5.33 Å². The Morgan fingerprint density at radius 3 is 2.33 bits per heavy atom. The van der Waals surface area contributed by atoms with Gasteiger partial charge in [-0.25, -0.2) is 0 Å². The molecule has 0 atom stereocenters. The second kappa shape index (κ2) is 9.37. The third kappa shape index (κ3) is 8.88. The van der Waals surface area contributed by atoms with Crippen LogP contribution in [0, 0.1) is 0 Å². The van der Waals surface area contributed by atoms with Gasteiger partial charge in [0.1, 0.15) is 0 Å². The molecule has 2 heteroatoms. The molecule has 0 heterocycles. The van der Waals surface area contributed by atoms with E-state index in [-0.39, 0.29) is 25.9 Å². The number of rotatable bonds is 1. The summed E-state index contributed by atoms with van der Waals surface area (Å²) in [6.45, 7) is 2.00. The fourth-order valence-corrected chi connectivity index (χ4v) is 0.463. The van der Waals surface area contributed by atoms with Gasteiger partial charge in [-0.2, -0.15) is 0 Å². The van der Waals surface area contributed by atoms with Gasteiger partial charge in [0.2, 0.25) is 0 Å². The third-order valence-electron chi connectivity index (χ3n) is 0.325. The number of hydrogen-bond acceptors (Lipinski definition) is 0. The van der Waals surface area contributed by atoms with Crippen molar-refractivity contribution >= 4 is 39.0 Å². The molecule has 0 spiro atoms. The van der Waals surface area contributed by atoms with Gasteiger partial charge in [0.05, 0.1) is 0 Å². The van der Waals surface area contributed by atoms with E-state index in [1.165, 1.54) is 0 Å². The molecule has 34 valence electrons. The maximum absolute atomic E-state index is 3.22. The van der Waals surface area contributed by atoms with Crippen LogP contribution in [0.25, 0.3) is 0 Å². The Hall–Kier alpha value is 0.986. The first-order valence-electron chi connectivity index (χ1n) is 1.59. The van der Waals surface area contributed by atoms with E-state index in [0.29, 0.717) is 0 Å². The van der Waals surface area contributed by atoms with Gasteiger partial charge in [-0.15, -0.1) is 0 Å². The summed E-state index contributed by atoms with van der Waals surface area (Å²) in [7, 11) is 0. The molecule has 0 fully saturated rings. The fourth-order valence-electron chi connectivity index (χ4n) is 0.0891. The van der Waals surface area contributed by atoms with Crippen molar-refractivity contribution in [1.29, 1.82) is 0 Å². The van der Waals surface area contributed by atoms with Crippen LogP contribution in [-0.4, -0.2) is 28.4 Å². The van der Waals surface area contributed by atoms with Crippen LogP contribution in [0.1, 0.15) is 9.78 Å². The van der Waals surface area contributed by atoms with Gasteiger partial charge in [0.15, 0.2) is 0 Å². The van der Waals surface area contributed by atoms with Crippen molar-refractivity contribution in [2.75, 3.05) is 5.33 Å². The molecule has 0 N–H and O–H groups in total. The molecule has 0 saturated carbocycles. The molecule has 6 heavy (non-hydrogen) atoms. The molecule has 0 aromatic carbocycles. The molecule has 0 bridgehead atoms. The van der Waals surface area contributed by atoms with Crippen molar-refractivity contribution in [2.24, 2.45) is 0 Å². The zero-order valence-electron chi connectivity index (χ0n) is 5.95. The van der Waals surface area contributed by atoms with Crippen molar-refractivity contribution in [2.45, 2.75) is 6.92 Å². The molecular formula is C4H9BrMg. The number of allylic oxidation sites excluding steroid dienone is 2. The van der Waals surface area contributed by atoms with Crippen LogP contribution >= 0.6 is 15.9 Å². The zero-order valence-corrected chi connectivity index (χ0v) is 6.95. The SMILES string of the molecule is C/C=C/CBr.[H-].[H-].[Mg+2]. The van der Waals surface area contributed by atoms with Crippen molar-refractivity contribution in [1.82, 2.24) is 0 Å². The van der Waals surface area contributed by atoms with E-state index >= 15 is 0 Å². The van der Waals surface area contributed by atoms with E-state index in [1.807, 2.05) is 19.1 Å². The van der Waals surface area contributed by atoms with Crippen LogP contribution in [0.5, 0.6) is 0 Å². The largest absolute Gasteiger partial charge is 2.00 e. The van der Waals surface area contributed by atoms with Crippen LogP contribution in [0.2, 0.25) is 0 Å². The normalized spacial score (nSPS) is 8.33. The first kappa shape index (κ1) is 10.1. The van der Waals surface area contributed by atoms with Gasteiger partial charge in [-0.05, 0) is 6.92 Å². The van der Waals surface area contributed by atoms with E-state index in [9.17, 15) is 0 Å². The van der Waals surface area contributed by atoms with Crippen molar-refractivity contribution < 1.29 is 2.85 Å².